The second-order valence-electron chi connectivity index (χ2n) is 7.95. The number of carboxylic acid groups (broad SMARTS) is 1. The molecule has 1 aromatic carbocycles. The molecule has 7 heteroatoms. The van der Waals surface area contributed by atoms with Gasteiger partial charge in [-0.15, -0.1) is 0 Å². The van der Waals surface area contributed by atoms with Crippen LogP contribution >= 0.6 is 11.8 Å². The molecule has 0 aliphatic carbocycles. The van der Waals surface area contributed by atoms with Gasteiger partial charge in [0.1, 0.15) is 0 Å². The highest BCUT2D eigenvalue weighted by Crippen LogP contribution is 2.31. The summed E-state index contributed by atoms with van der Waals surface area (Å²) in [6.07, 6.45) is -1.93. The van der Waals surface area contributed by atoms with Crippen molar-refractivity contribution in [3.05, 3.63) is 34.9 Å². The lowest BCUT2D eigenvalue weighted by atomic mass is 9.84. The van der Waals surface area contributed by atoms with Gasteiger partial charge < -0.3 is 14.7 Å². The van der Waals surface area contributed by atoms with Crippen molar-refractivity contribution in [2.24, 2.45) is 5.92 Å². The average Bonchev–Trinajstić information content (AvgIpc) is 2.56. The number of thioether (sulfide) groups is 1. The zero-order valence-electron chi connectivity index (χ0n) is 16.4. The van der Waals surface area contributed by atoms with Crippen molar-refractivity contribution in [1.82, 2.24) is 4.90 Å². The molecule has 2 atom stereocenters. The minimum atomic E-state index is -1.40. The van der Waals surface area contributed by atoms with E-state index in [0.29, 0.717) is 18.7 Å². The molecule has 2 unspecified atom stereocenters. The summed E-state index contributed by atoms with van der Waals surface area (Å²) in [5, 5.41) is 9.02. The fourth-order valence-electron chi connectivity index (χ4n) is 3.06. The summed E-state index contributed by atoms with van der Waals surface area (Å²) in [6.45, 7) is 9.87. The Morgan fingerprint density at radius 2 is 1.96 bits per heavy atom. The SMILES string of the molecule is CC(=O)SCC(C)C(=O)N1Cc2cc(C(C)(C)C)ccc2CC1OC(=O)O. The van der Waals surface area contributed by atoms with E-state index < -0.39 is 18.3 Å². The standard InChI is InChI=1S/C20H27NO5S/c1-12(11-27-13(2)22)18(23)21-10-15-8-16(20(3,4)5)7-6-14(15)9-17(21)26-19(24)25/h6-8,12,17H,9-11H2,1-5H3,(H,24,25). The zero-order valence-corrected chi connectivity index (χ0v) is 17.3. The number of fused-ring (bicyclic) bond motifs is 1. The Bertz CT molecular complexity index is 740. The van der Waals surface area contributed by atoms with Crippen molar-refractivity contribution in [3.8, 4) is 0 Å². The summed E-state index contributed by atoms with van der Waals surface area (Å²) < 4.78 is 5.00. The number of carbonyl (C=O) groups excluding carboxylic acids is 2. The van der Waals surface area contributed by atoms with E-state index in [0.717, 1.165) is 28.5 Å². The highest BCUT2D eigenvalue weighted by Gasteiger charge is 2.35. The Morgan fingerprint density at radius 3 is 2.52 bits per heavy atom. The van der Waals surface area contributed by atoms with Crippen LogP contribution in [0.3, 0.4) is 0 Å². The van der Waals surface area contributed by atoms with E-state index in [4.69, 9.17) is 9.84 Å². The maximum Gasteiger partial charge on any atom is 0.507 e. The van der Waals surface area contributed by atoms with Crippen LogP contribution in [-0.4, -0.2) is 39.2 Å². The van der Waals surface area contributed by atoms with Gasteiger partial charge in [0.25, 0.3) is 0 Å². The van der Waals surface area contributed by atoms with Gasteiger partial charge in [0.15, 0.2) is 11.3 Å². The largest absolute Gasteiger partial charge is 0.507 e. The summed E-state index contributed by atoms with van der Waals surface area (Å²) >= 11 is 1.09. The number of nitrogens with zero attached hydrogens (tertiary/aromatic N) is 1. The molecule has 6 nitrogen and oxygen atoms in total. The van der Waals surface area contributed by atoms with Crippen LogP contribution in [0.15, 0.2) is 18.2 Å². The lowest BCUT2D eigenvalue weighted by Gasteiger charge is -2.37. The molecule has 0 radical (unpaired) electrons. The first kappa shape index (κ1) is 21.3. The first-order valence-electron chi connectivity index (χ1n) is 8.94. The van der Waals surface area contributed by atoms with Crippen molar-refractivity contribution in [1.29, 1.82) is 0 Å². The van der Waals surface area contributed by atoms with Crippen LogP contribution in [0.25, 0.3) is 0 Å². The summed E-state index contributed by atoms with van der Waals surface area (Å²) in [6, 6.07) is 6.12. The van der Waals surface area contributed by atoms with Gasteiger partial charge >= 0.3 is 6.16 Å². The van der Waals surface area contributed by atoms with Gasteiger partial charge in [0, 0.05) is 31.6 Å². The first-order valence-corrected chi connectivity index (χ1v) is 9.93. The van der Waals surface area contributed by atoms with Crippen molar-refractivity contribution in [2.45, 2.75) is 59.2 Å². The number of benzene rings is 1. The molecule has 1 N–H and O–H groups in total. The van der Waals surface area contributed by atoms with Crippen LogP contribution < -0.4 is 0 Å². The van der Waals surface area contributed by atoms with Gasteiger partial charge in [-0.05, 0) is 22.1 Å². The molecule has 2 rings (SSSR count). The molecular formula is C20H27NO5S. The minimum absolute atomic E-state index is 0.0241. The van der Waals surface area contributed by atoms with Crippen LogP contribution in [0, 0.1) is 5.92 Å². The van der Waals surface area contributed by atoms with Crippen molar-refractivity contribution >= 4 is 28.9 Å². The molecule has 1 aliphatic heterocycles. The van der Waals surface area contributed by atoms with Gasteiger partial charge in [0.2, 0.25) is 5.91 Å². The summed E-state index contributed by atoms with van der Waals surface area (Å²) in [5.74, 6) is -0.257. The van der Waals surface area contributed by atoms with E-state index in [1.165, 1.54) is 11.8 Å². The Kier molecular flexibility index (Phi) is 6.57. The van der Waals surface area contributed by atoms with E-state index in [-0.39, 0.29) is 16.4 Å². The van der Waals surface area contributed by atoms with Gasteiger partial charge in [-0.3, -0.25) is 9.59 Å². The third-order valence-electron chi connectivity index (χ3n) is 4.63. The molecule has 27 heavy (non-hydrogen) atoms. The number of amides is 1. The highest BCUT2D eigenvalue weighted by atomic mass is 32.2. The number of hydrogen-bond acceptors (Lipinski definition) is 5. The normalized spacial score (nSPS) is 17.8. The van der Waals surface area contributed by atoms with Gasteiger partial charge in [0.05, 0.1) is 0 Å². The molecule has 0 fully saturated rings. The number of carbonyl (C=O) groups is 3. The molecule has 1 aliphatic rings. The monoisotopic (exact) mass is 393 g/mol. The lowest BCUT2D eigenvalue weighted by Crippen LogP contribution is -2.48. The Labute approximate surface area is 164 Å². The number of hydrogen-bond donors (Lipinski definition) is 1. The average molecular weight is 394 g/mol. The van der Waals surface area contributed by atoms with Gasteiger partial charge in [-0.1, -0.05) is 57.7 Å². The van der Waals surface area contributed by atoms with E-state index >= 15 is 0 Å². The second kappa shape index (κ2) is 8.33. The molecule has 0 bridgehead atoms. The van der Waals surface area contributed by atoms with Crippen molar-refractivity contribution in [2.75, 3.05) is 5.75 Å². The fourth-order valence-corrected chi connectivity index (χ4v) is 3.69. The molecule has 1 aromatic rings. The van der Waals surface area contributed by atoms with E-state index in [9.17, 15) is 14.4 Å². The molecule has 0 spiro atoms. The zero-order chi connectivity index (χ0) is 20.4. The highest BCUT2D eigenvalue weighted by molar-refractivity contribution is 8.13. The van der Waals surface area contributed by atoms with E-state index in [1.54, 1.807) is 6.92 Å². The van der Waals surface area contributed by atoms with Crippen molar-refractivity contribution < 1.29 is 24.2 Å². The van der Waals surface area contributed by atoms with Crippen LogP contribution in [0.2, 0.25) is 0 Å². The van der Waals surface area contributed by atoms with Gasteiger partial charge in [-0.2, -0.15) is 0 Å². The number of rotatable bonds is 4. The predicted molar refractivity (Wildman–Crippen MR) is 105 cm³/mol. The molecular weight excluding hydrogens is 366 g/mol. The Morgan fingerprint density at radius 1 is 1.30 bits per heavy atom. The first-order chi connectivity index (χ1) is 12.5. The van der Waals surface area contributed by atoms with E-state index in [2.05, 4.69) is 26.8 Å². The molecule has 1 amide bonds. The molecule has 0 saturated heterocycles. The third kappa shape index (κ3) is 5.48. The molecule has 0 saturated carbocycles. The second-order valence-corrected chi connectivity index (χ2v) is 9.14. The van der Waals surface area contributed by atoms with Crippen LogP contribution in [0.1, 0.15) is 51.3 Å². The maximum atomic E-state index is 12.9. The molecule has 0 aromatic heterocycles. The summed E-state index contributed by atoms with van der Waals surface area (Å²) in [4.78, 5) is 36.7. The number of ether oxygens (including phenoxy) is 1. The minimum Gasteiger partial charge on any atom is -0.450 e. The molecule has 148 valence electrons. The van der Waals surface area contributed by atoms with Crippen molar-refractivity contribution in [3.63, 3.8) is 0 Å². The topological polar surface area (TPSA) is 83.9 Å². The Balaban J connectivity index is 2.29. The quantitative estimate of drug-likeness (QED) is 0.783. The lowest BCUT2D eigenvalue weighted by molar-refractivity contribution is -0.148. The van der Waals surface area contributed by atoms with Crippen LogP contribution in [-0.2, 0) is 32.7 Å². The van der Waals surface area contributed by atoms with E-state index in [1.807, 2.05) is 12.1 Å². The van der Waals surface area contributed by atoms with Crippen LogP contribution in [0.4, 0.5) is 4.79 Å². The summed E-state index contributed by atoms with van der Waals surface area (Å²) in [5.41, 5.74) is 3.13. The Hall–Kier alpha value is -2.02. The van der Waals surface area contributed by atoms with Crippen LogP contribution in [0.5, 0.6) is 0 Å². The summed E-state index contributed by atoms with van der Waals surface area (Å²) in [7, 11) is 0. The fraction of sp³-hybridized carbons (Fsp3) is 0.550. The predicted octanol–water partition coefficient (Wildman–Crippen LogP) is 3.81. The molecule has 1 heterocycles. The van der Waals surface area contributed by atoms with Gasteiger partial charge in [-0.25, -0.2) is 4.79 Å². The smallest absolute Gasteiger partial charge is 0.450 e. The third-order valence-corrected chi connectivity index (χ3v) is 5.71. The maximum absolute atomic E-state index is 12.9.